The van der Waals surface area contributed by atoms with E-state index >= 15 is 0 Å². The molecular formula is C30H21Br9O3. The maximum Gasteiger partial charge on any atom is 0.148 e. The molecule has 0 bridgehead atoms. The number of halogens is 9. The molecule has 0 N–H and O–H groups in total. The highest BCUT2D eigenvalue weighted by atomic mass is 79.9. The molecule has 0 heterocycles. The van der Waals surface area contributed by atoms with Crippen LogP contribution in [0.5, 0.6) is 17.2 Å². The van der Waals surface area contributed by atoms with Gasteiger partial charge in [-0.05, 0) is 186 Å². The highest BCUT2D eigenvalue weighted by molar-refractivity contribution is 9.12. The summed E-state index contributed by atoms with van der Waals surface area (Å²) in [6.45, 7) is 7.49. The van der Waals surface area contributed by atoms with Crippen LogP contribution in [0.3, 0.4) is 0 Å². The number of hydrogen-bond acceptors (Lipinski definition) is 3. The Morgan fingerprint density at radius 3 is 0.762 bits per heavy atom. The molecule has 0 amide bonds. The van der Waals surface area contributed by atoms with Crippen LogP contribution in [0.25, 0.3) is 0 Å². The van der Waals surface area contributed by atoms with Gasteiger partial charge in [0, 0.05) is 13.4 Å². The van der Waals surface area contributed by atoms with E-state index < -0.39 is 0 Å². The third-order valence-corrected chi connectivity index (χ3v) is 11.6. The van der Waals surface area contributed by atoms with Crippen LogP contribution in [0.15, 0.2) is 76.7 Å². The molecule has 0 aliphatic rings. The molecule has 0 saturated heterocycles. The van der Waals surface area contributed by atoms with Gasteiger partial charge in [-0.1, -0.05) is 47.8 Å². The van der Waals surface area contributed by atoms with E-state index in [0.717, 1.165) is 90.9 Å². The van der Waals surface area contributed by atoms with E-state index in [0.29, 0.717) is 19.8 Å². The Bertz CT molecular complexity index is 1390. The highest BCUT2D eigenvalue weighted by Gasteiger charge is 2.21. The topological polar surface area (TPSA) is 27.7 Å². The normalized spacial score (nSPS) is 11.1. The monoisotopic (exact) mass is 1140 g/mol. The first-order chi connectivity index (χ1) is 19.8. The standard InChI is InChI=1S/C30H21Br9O3/c1-13-19(10-40-28-22(34)4-16(31)5-23(28)35)14(2)21(12-42-30-26(38)8-18(33)9-27(30)39)15(3)20(13)11-41-29-24(36)6-17(32)7-25(29)37/h4-9H,10-12H2,1-3H3. The lowest BCUT2D eigenvalue weighted by Gasteiger charge is -2.24. The Balaban J connectivity index is 1.75. The number of rotatable bonds is 9. The van der Waals surface area contributed by atoms with E-state index in [4.69, 9.17) is 14.2 Å². The van der Waals surface area contributed by atoms with Crippen LogP contribution < -0.4 is 14.2 Å². The molecule has 0 saturated carbocycles. The highest BCUT2D eigenvalue weighted by Crippen LogP contribution is 2.41. The number of benzene rings is 4. The maximum atomic E-state index is 6.41. The van der Waals surface area contributed by atoms with Gasteiger partial charge in [-0.15, -0.1) is 0 Å². The van der Waals surface area contributed by atoms with Crippen molar-refractivity contribution in [2.24, 2.45) is 0 Å². The van der Waals surface area contributed by atoms with Gasteiger partial charge in [0.25, 0.3) is 0 Å². The van der Waals surface area contributed by atoms with E-state index in [2.05, 4.69) is 164 Å². The van der Waals surface area contributed by atoms with Crippen molar-refractivity contribution < 1.29 is 14.2 Å². The Morgan fingerprint density at radius 1 is 0.381 bits per heavy atom. The minimum absolute atomic E-state index is 0.369. The average molecular weight is 1150 g/mol. The van der Waals surface area contributed by atoms with Gasteiger partial charge in [0.15, 0.2) is 0 Å². The lowest BCUT2D eigenvalue weighted by atomic mass is 9.89. The van der Waals surface area contributed by atoms with E-state index in [1.54, 1.807) is 0 Å². The summed E-state index contributed by atoms with van der Waals surface area (Å²) in [6, 6.07) is 11.8. The number of ether oxygens (including phenoxy) is 3. The van der Waals surface area contributed by atoms with Crippen molar-refractivity contribution in [1.29, 1.82) is 0 Å². The third kappa shape index (κ3) is 8.30. The van der Waals surface area contributed by atoms with Gasteiger partial charge in [0.05, 0.1) is 26.8 Å². The fourth-order valence-electron chi connectivity index (χ4n) is 4.47. The Kier molecular flexibility index (Phi) is 13.1. The van der Waals surface area contributed by atoms with Crippen molar-refractivity contribution in [2.75, 3.05) is 0 Å². The summed E-state index contributed by atoms with van der Waals surface area (Å²) in [6.07, 6.45) is 0. The molecule has 0 spiro atoms. The zero-order valence-corrected chi connectivity index (χ0v) is 36.5. The fraction of sp³-hybridized carbons (Fsp3) is 0.200. The first-order valence-electron chi connectivity index (χ1n) is 12.2. The van der Waals surface area contributed by atoms with Gasteiger partial charge in [0.1, 0.15) is 37.1 Å². The van der Waals surface area contributed by atoms with Crippen LogP contribution in [0.4, 0.5) is 0 Å². The van der Waals surface area contributed by atoms with Crippen LogP contribution in [0.2, 0.25) is 0 Å². The summed E-state index contributed by atoms with van der Waals surface area (Å²) in [5.41, 5.74) is 6.61. The fourth-order valence-corrected chi connectivity index (χ4v) is 11.9. The summed E-state index contributed by atoms with van der Waals surface area (Å²) < 4.78 is 27.2. The Hall–Kier alpha value is 0.600. The lowest BCUT2D eigenvalue weighted by Crippen LogP contribution is -2.14. The molecule has 42 heavy (non-hydrogen) atoms. The predicted octanol–water partition coefficient (Wildman–Crippen LogP) is 14.2. The molecule has 4 aromatic rings. The van der Waals surface area contributed by atoms with Gasteiger partial charge in [0.2, 0.25) is 0 Å². The molecule has 4 rings (SSSR count). The summed E-state index contributed by atoms with van der Waals surface area (Å²) in [5.74, 6) is 2.20. The first kappa shape index (κ1) is 35.5. The number of hydrogen-bond donors (Lipinski definition) is 0. The second kappa shape index (κ2) is 15.5. The minimum atomic E-state index is 0.369. The zero-order chi connectivity index (χ0) is 30.9. The predicted molar refractivity (Wildman–Crippen MR) is 202 cm³/mol. The van der Waals surface area contributed by atoms with E-state index in [1.165, 1.54) is 0 Å². The van der Waals surface area contributed by atoms with Gasteiger partial charge in [-0.3, -0.25) is 0 Å². The molecule has 12 heteroatoms. The molecule has 0 unspecified atom stereocenters. The minimum Gasteiger partial charge on any atom is -0.487 e. The summed E-state index contributed by atoms with van der Waals surface area (Å²) in [5, 5.41) is 0. The van der Waals surface area contributed by atoms with Crippen molar-refractivity contribution in [3.05, 3.63) is 110 Å². The molecule has 0 aliphatic carbocycles. The molecule has 0 aromatic heterocycles. The molecule has 222 valence electrons. The van der Waals surface area contributed by atoms with Crippen LogP contribution in [-0.4, -0.2) is 0 Å². The molecule has 0 aliphatic heterocycles. The molecule has 4 aromatic carbocycles. The van der Waals surface area contributed by atoms with Crippen LogP contribution in [-0.2, 0) is 19.8 Å². The molecule has 0 fully saturated rings. The molecule has 0 radical (unpaired) electrons. The maximum absolute atomic E-state index is 6.41. The summed E-state index contributed by atoms with van der Waals surface area (Å²) in [4.78, 5) is 0. The first-order valence-corrected chi connectivity index (χ1v) is 19.3. The van der Waals surface area contributed by atoms with Crippen molar-refractivity contribution >= 4 is 143 Å². The SMILES string of the molecule is Cc1c(COc2c(Br)cc(Br)cc2Br)c(C)c(COc2c(Br)cc(Br)cc2Br)c(C)c1COc1c(Br)cc(Br)cc1Br. The largest absolute Gasteiger partial charge is 0.487 e. The second-order valence-corrected chi connectivity index (χ2v) is 17.1. The van der Waals surface area contributed by atoms with Gasteiger partial charge in [-0.2, -0.15) is 0 Å². The average Bonchev–Trinajstić information content (AvgIpc) is 2.87. The second-order valence-electron chi connectivity index (χ2n) is 9.27. The van der Waals surface area contributed by atoms with Crippen LogP contribution in [0.1, 0.15) is 33.4 Å². The van der Waals surface area contributed by atoms with Crippen molar-refractivity contribution in [3.8, 4) is 17.2 Å². The van der Waals surface area contributed by atoms with E-state index in [1.807, 2.05) is 36.4 Å². The Labute approximate surface area is 321 Å². The summed E-state index contributed by atoms with van der Waals surface area (Å²) in [7, 11) is 0. The van der Waals surface area contributed by atoms with E-state index in [9.17, 15) is 0 Å². The quantitative estimate of drug-likeness (QED) is 0.167. The van der Waals surface area contributed by atoms with Crippen molar-refractivity contribution in [3.63, 3.8) is 0 Å². The van der Waals surface area contributed by atoms with Crippen molar-refractivity contribution in [1.82, 2.24) is 0 Å². The lowest BCUT2D eigenvalue weighted by molar-refractivity contribution is 0.286. The third-order valence-electron chi connectivity index (χ3n) is 6.69. The Morgan fingerprint density at radius 2 is 0.571 bits per heavy atom. The van der Waals surface area contributed by atoms with Gasteiger partial charge < -0.3 is 14.2 Å². The van der Waals surface area contributed by atoms with E-state index in [-0.39, 0.29) is 0 Å². The zero-order valence-electron chi connectivity index (χ0n) is 22.2. The van der Waals surface area contributed by atoms with Crippen molar-refractivity contribution in [2.45, 2.75) is 40.6 Å². The molecular weight excluding hydrogens is 1130 g/mol. The molecule has 3 nitrogen and oxygen atoms in total. The van der Waals surface area contributed by atoms with Crippen LogP contribution in [0, 0.1) is 20.8 Å². The van der Waals surface area contributed by atoms with Gasteiger partial charge >= 0.3 is 0 Å². The smallest absolute Gasteiger partial charge is 0.148 e. The van der Waals surface area contributed by atoms with Gasteiger partial charge in [-0.25, -0.2) is 0 Å². The summed E-state index contributed by atoms with van der Waals surface area (Å²) >= 11 is 32.4. The van der Waals surface area contributed by atoms with Crippen LogP contribution >= 0.6 is 143 Å². The molecule has 0 atom stereocenters.